The molecular weight excluding hydrogens is 260 g/mol. The Bertz CT molecular complexity index is 300. The molecule has 0 aromatic carbocycles. The van der Waals surface area contributed by atoms with Crippen LogP contribution in [0.2, 0.25) is 0 Å². The lowest BCUT2D eigenvalue weighted by molar-refractivity contribution is -0.150. The molecule has 1 aromatic heterocycles. The van der Waals surface area contributed by atoms with Gasteiger partial charge >= 0.3 is 12.4 Å². The maximum absolute atomic E-state index is 11.9. The Morgan fingerprint density at radius 2 is 1.00 bits per heavy atom. The second-order valence-electron chi connectivity index (χ2n) is 2.40. The largest absolute Gasteiger partial charge is 0.433 e. The molecule has 0 atom stereocenters. The van der Waals surface area contributed by atoms with Gasteiger partial charge in [-0.1, -0.05) is 33.8 Å². The van der Waals surface area contributed by atoms with Crippen molar-refractivity contribution in [3.8, 4) is 0 Å². The van der Waals surface area contributed by atoms with E-state index in [1.165, 1.54) is 0 Å². The van der Waals surface area contributed by atoms with E-state index >= 15 is 0 Å². The Morgan fingerprint density at radius 3 is 1.22 bits per heavy atom. The lowest BCUT2D eigenvalue weighted by Gasteiger charge is -2.09. The van der Waals surface area contributed by atoms with Crippen LogP contribution in [0, 0.1) is 0 Å². The summed E-state index contributed by atoms with van der Waals surface area (Å²) in [7, 11) is 0. The molecule has 1 nitrogen and oxygen atoms in total. The number of rotatable bonds is 0. The van der Waals surface area contributed by atoms with Crippen LogP contribution in [0.1, 0.15) is 39.1 Å². The van der Waals surface area contributed by atoms with Crippen molar-refractivity contribution in [1.29, 1.82) is 0 Å². The van der Waals surface area contributed by atoms with Gasteiger partial charge < -0.3 is 0 Å². The SMILES string of the molecule is CC.CC.FC(F)(F)c1cccc(C(F)(F)F)n1. The highest BCUT2D eigenvalue weighted by atomic mass is 19.4. The summed E-state index contributed by atoms with van der Waals surface area (Å²) in [5, 5.41) is 0. The lowest BCUT2D eigenvalue weighted by Crippen LogP contribution is -2.14. The molecule has 0 aliphatic carbocycles. The molecule has 0 bridgehead atoms. The lowest BCUT2D eigenvalue weighted by atomic mass is 10.3. The summed E-state index contributed by atoms with van der Waals surface area (Å²) in [5.74, 6) is 0. The molecule has 7 heteroatoms. The zero-order chi connectivity index (χ0) is 15.0. The van der Waals surface area contributed by atoms with E-state index in [4.69, 9.17) is 0 Å². The standard InChI is InChI=1S/C7H3F6N.2C2H6/c8-6(9,10)4-2-1-3-5(14-4)7(11,12)13;2*1-2/h1-3H;2*1-2H3. The predicted molar refractivity (Wildman–Crippen MR) is 56.9 cm³/mol. The number of alkyl halides is 6. The van der Waals surface area contributed by atoms with E-state index in [0.29, 0.717) is 18.2 Å². The van der Waals surface area contributed by atoms with Crippen molar-refractivity contribution in [3.63, 3.8) is 0 Å². The highest BCUT2D eigenvalue weighted by Crippen LogP contribution is 2.32. The van der Waals surface area contributed by atoms with Gasteiger partial charge in [-0.2, -0.15) is 26.3 Å². The average Bonchev–Trinajstić information content (AvgIpc) is 2.32. The first-order valence-corrected chi connectivity index (χ1v) is 5.33. The minimum atomic E-state index is -4.86. The van der Waals surface area contributed by atoms with Gasteiger partial charge in [0.25, 0.3) is 0 Å². The van der Waals surface area contributed by atoms with Crippen molar-refractivity contribution >= 4 is 0 Å². The van der Waals surface area contributed by atoms with Crippen LogP contribution in [0.4, 0.5) is 26.3 Å². The molecule has 0 spiro atoms. The first-order chi connectivity index (χ1) is 8.21. The number of nitrogens with zero attached hydrogens (tertiary/aromatic N) is 1. The van der Waals surface area contributed by atoms with Gasteiger partial charge in [-0.3, -0.25) is 0 Å². The number of pyridine rings is 1. The molecule has 0 saturated carbocycles. The van der Waals surface area contributed by atoms with E-state index in [2.05, 4.69) is 4.98 Å². The average molecular weight is 275 g/mol. The first kappa shape index (κ1) is 19.1. The smallest absolute Gasteiger partial charge is 0.239 e. The number of halogens is 6. The van der Waals surface area contributed by atoms with E-state index in [0.717, 1.165) is 0 Å². The van der Waals surface area contributed by atoms with Gasteiger partial charge in [0.15, 0.2) is 0 Å². The zero-order valence-electron chi connectivity index (χ0n) is 10.4. The maximum atomic E-state index is 11.9. The van der Waals surface area contributed by atoms with Crippen LogP contribution in [0.25, 0.3) is 0 Å². The molecule has 1 aromatic rings. The molecule has 0 unspecified atom stereocenters. The number of aromatic nitrogens is 1. The van der Waals surface area contributed by atoms with Gasteiger partial charge in [0.2, 0.25) is 0 Å². The minimum Gasteiger partial charge on any atom is -0.239 e. The Kier molecular flexibility index (Phi) is 8.42. The fraction of sp³-hybridized carbons (Fsp3) is 0.545. The second-order valence-corrected chi connectivity index (χ2v) is 2.40. The van der Waals surface area contributed by atoms with Crippen molar-refractivity contribution in [2.24, 2.45) is 0 Å². The van der Waals surface area contributed by atoms with Crippen molar-refractivity contribution in [1.82, 2.24) is 4.98 Å². The summed E-state index contributed by atoms with van der Waals surface area (Å²) in [6, 6.07) is 1.63. The molecule has 106 valence electrons. The Balaban J connectivity index is 0. The van der Waals surface area contributed by atoms with Crippen LogP contribution in [0.15, 0.2) is 18.2 Å². The van der Waals surface area contributed by atoms with Crippen LogP contribution >= 0.6 is 0 Å². The van der Waals surface area contributed by atoms with Gasteiger partial charge in [0.1, 0.15) is 11.4 Å². The first-order valence-electron chi connectivity index (χ1n) is 5.33. The quantitative estimate of drug-likeness (QED) is 0.595. The van der Waals surface area contributed by atoms with Crippen LogP contribution in [0.5, 0.6) is 0 Å². The van der Waals surface area contributed by atoms with Crippen molar-refractivity contribution in [3.05, 3.63) is 29.6 Å². The molecule has 0 fully saturated rings. The monoisotopic (exact) mass is 275 g/mol. The normalized spacial score (nSPS) is 10.8. The molecule has 1 heterocycles. The topological polar surface area (TPSA) is 12.9 Å². The van der Waals surface area contributed by atoms with Crippen molar-refractivity contribution in [2.45, 2.75) is 40.0 Å². The second kappa shape index (κ2) is 7.94. The summed E-state index contributed by atoms with van der Waals surface area (Å²) < 4.78 is 71.6. The van der Waals surface area contributed by atoms with Crippen molar-refractivity contribution < 1.29 is 26.3 Å². The molecule has 0 aliphatic rings. The molecule has 18 heavy (non-hydrogen) atoms. The van der Waals surface area contributed by atoms with Gasteiger partial charge in [-0.05, 0) is 12.1 Å². The zero-order valence-corrected chi connectivity index (χ0v) is 10.4. The summed E-state index contributed by atoms with van der Waals surface area (Å²) in [6.07, 6.45) is -9.72. The summed E-state index contributed by atoms with van der Waals surface area (Å²) in [5.41, 5.74) is -3.10. The molecule has 0 saturated heterocycles. The van der Waals surface area contributed by atoms with Gasteiger partial charge in [-0.25, -0.2) is 4.98 Å². The number of hydrogen-bond acceptors (Lipinski definition) is 1. The predicted octanol–water partition coefficient (Wildman–Crippen LogP) is 5.17. The third kappa shape index (κ3) is 6.46. The van der Waals surface area contributed by atoms with Gasteiger partial charge in [0.05, 0.1) is 0 Å². The fourth-order valence-corrected chi connectivity index (χ4v) is 0.750. The number of hydrogen-bond donors (Lipinski definition) is 0. The van der Waals surface area contributed by atoms with E-state index in [1.54, 1.807) is 0 Å². The Hall–Kier alpha value is -1.27. The highest BCUT2D eigenvalue weighted by molar-refractivity contribution is 5.15. The molecule has 0 radical (unpaired) electrons. The Labute approximate surface area is 102 Å². The van der Waals surface area contributed by atoms with Crippen LogP contribution in [-0.2, 0) is 12.4 Å². The van der Waals surface area contributed by atoms with Gasteiger partial charge in [-0.15, -0.1) is 0 Å². The van der Waals surface area contributed by atoms with Gasteiger partial charge in [0, 0.05) is 0 Å². The van der Waals surface area contributed by atoms with Crippen LogP contribution < -0.4 is 0 Å². The summed E-state index contributed by atoms with van der Waals surface area (Å²) in [4.78, 5) is 2.47. The maximum Gasteiger partial charge on any atom is 0.433 e. The fourth-order valence-electron chi connectivity index (χ4n) is 0.750. The molecule has 1 rings (SSSR count). The highest BCUT2D eigenvalue weighted by Gasteiger charge is 2.37. The van der Waals surface area contributed by atoms with E-state index in [9.17, 15) is 26.3 Å². The molecule has 0 N–H and O–H groups in total. The van der Waals surface area contributed by atoms with E-state index in [1.807, 2.05) is 27.7 Å². The summed E-state index contributed by atoms with van der Waals surface area (Å²) in [6.45, 7) is 8.00. The molecule has 0 aliphatic heterocycles. The summed E-state index contributed by atoms with van der Waals surface area (Å²) >= 11 is 0. The third-order valence-electron chi connectivity index (χ3n) is 1.33. The Morgan fingerprint density at radius 1 is 0.722 bits per heavy atom. The van der Waals surface area contributed by atoms with Crippen LogP contribution in [-0.4, -0.2) is 4.98 Å². The van der Waals surface area contributed by atoms with E-state index in [-0.39, 0.29) is 0 Å². The molecule has 0 amide bonds. The third-order valence-corrected chi connectivity index (χ3v) is 1.33. The minimum absolute atomic E-state index is 0.481. The van der Waals surface area contributed by atoms with Crippen molar-refractivity contribution in [2.75, 3.05) is 0 Å². The van der Waals surface area contributed by atoms with Crippen LogP contribution in [0.3, 0.4) is 0 Å². The van der Waals surface area contributed by atoms with E-state index < -0.39 is 23.7 Å². The molecular formula is C11H15F6N.